The van der Waals surface area contributed by atoms with Gasteiger partial charge >= 0.3 is 0 Å². The smallest absolute Gasteiger partial charge is 0.252 e. The highest BCUT2D eigenvalue weighted by Crippen LogP contribution is 2.29. The topological polar surface area (TPSA) is 90.1 Å². The first-order chi connectivity index (χ1) is 15.2. The second-order valence-electron chi connectivity index (χ2n) is 7.29. The van der Waals surface area contributed by atoms with Gasteiger partial charge in [0.25, 0.3) is 5.91 Å². The van der Waals surface area contributed by atoms with Crippen molar-refractivity contribution in [2.24, 2.45) is 0 Å². The zero-order valence-corrected chi connectivity index (χ0v) is 17.7. The first kappa shape index (κ1) is 19.6. The number of rotatable bonds is 7. The van der Waals surface area contributed by atoms with Crippen molar-refractivity contribution in [3.8, 4) is 17.2 Å². The maximum atomic E-state index is 12.7. The molecule has 0 aliphatic heterocycles. The number of hydrogen-bond acceptors (Lipinski definition) is 7. The molecule has 31 heavy (non-hydrogen) atoms. The van der Waals surface area contributed by atoms with Gasteiger partial charge in [0.1, 0.15) is 5.75 Å². The zero-order valence-electron chi connectivity index (χ0n) is 16.9. The molecule has 1 aliphatic rings. The van der Waals surface area contributed by atoms with Crippen LogP contribution in [0.1, 0.15) is 29.1 Å². The predicted molar refractivity (Wildman–Crippen MR) is 118 cm³/mol. The predicted octanol–water partition coefficient (Wildman–Crippen LogP) is 4.48. The van der Waals surface area contributed by atoms with Crippen molar-refractivity contribution < 1.29 is 13.9 Å². The minimum atomic E-state index is -0.0532. The normalized spacial score (nSPS) is 13.3. The highest BCUT2D eigenvalue weighted by Gasteiger charge is 2.25. The zero-order chi connectivity index (χ0) is 21.2. The van der Waals surface area contributed by atoms with Crippen LogP contribution >= 0.6 is 11.8 Å². The van der Waals surface area contributed by atoms with Crippen LogP contribution < -0.4 is 10.1 Å². The molecule has 4 aromatic rings. The van der Waals surface area contributed by atoms with Crippen LogP contribution in [0.5, 0.6) is 5.75 Å². The summed E-state index contributed by atoms with van der Waals surface area (Å²) in [6, 6.07) is 17.3. The van der Waals surface area contributed by atoms with E-state index in [0.29, 0.717) is 29.1 Å². The molecule has 0 spiro atoms. The lowest BCUT2D eigenvalue weighted by atomic mass is 10.1. The van der Waals surface area contributed by atoms with Crippen molar-refractivity contribution in [2.45, 2.75) is 29.7 Å². The van der Waals surface area contributed by atoms with E-state index in [2.05, 4.69) is 15.5 Å². The Labute approximate surface area is 183 Å². The van der Waals surface area contributed by atoms with Crippen LogP contribution in [-0.2, 0) is 5.75 Å². The van der Waals surface area contributed by atoms with Crippen LogP contribution in [0.15, 0.2) is 64.0 Å². The fourth-order valence-electron chi connectivity index (χ4n) is 3.20. The summed E-state index contributed by atoms with van der Waals surface area (Å²) in [6.07, 6.45) is 2.09. The summed E-state index contributed by atoms with van der Waals surface area (Å²) in [5.41, 5.74) is 2.26. The molecule has 1 amide bonds. The molecule has 156 valence electrons. The first-order valence-corrected chi connectivity index (χ1v) is 11.0. The monoisotopic (exact) mass is 432 g/mol. The molecule has 2 aromatic heterocycles. The van der Waals surface area contributed by atoms with Crippen LogP contribution in [0.25, 0.3) is 22.4 Å². The van der Waals surface area contributed by atoms with E-state index in [9.17, 15) is 4.79 Å². The Morgan fingerprint density at radius 2 is 1.97 bits per heavy atom. The summed E-state index contributed by atoms with van der Waals surface area (Å²) in [6.45, 7) is 0. The Morgan fingerprint density at radius 1 is 1.16 bits per heavy atom. The number of thioether (sulfide) groups is 1. The van der Waals surface area contributed by atoms with Crippen LogP contribution in [0.2, 0.25) is 0 Å². The van der Waals surface area contributed by atoms with E-state index >= 15 is 0 Å². The number of nitrogens with zero attached hydrogens (tertiary/aromatic N) is 3. The number of hydrogen-bond donors (Lipinski definition) is 1. The van der Waals surface area contributed by atoms with Gasteiger partial charge in [-0.15, -0.1) is 10.2 Å². The van der Waals surface area contributed by atoms with E-state index in [-0.39, 0.29) is 5.91 Å². The molecule has 1 saturated carbocycles. The van der Waals surface area contributed by atoms with Gasteiger partial charge in [0, 0.05) is 17.0 Å². The number of aromatic nitrogens is 3. The third kappa shape index (κ3) is 4.39. The standard InChI is InChI=1S/C23H20N4O3S/c1-29-16-10-6-14(7-11-16)23-27-26-20(30-23)13-31-21-12-18(22(28)24-15-8-9-15)17-4-2-3-5-19(17)25-21/h2-7,10-12,15H,8-9,13H2,1H3,(H,24,28). The average Bonchev–Trinajstić information content (AvgIpc) is 3.50. The van der Waals surface area contributed by atoms with Crippen LogP contribution in [0.3, 0.4) is 0 Å². The van der Waals surface area contributed by atoms with Gasteiger partial charge in [0.2, 0.25) is 11.8 Å². The van der Waals surface area contributed by atoms with E-state index in [4.69, 9.17) is 14.1 Å². The van der Waals surface area contributed by atoms with E-state index < -0.39 is 0 Å². The maximum absolute atomic E-state index is 12.7. The molecule has 0 saturated heterocycles. The molecule has 0 radical (unpaired) electrons. The molecule has 2 aromatic carbocycles. The summed E-state index contributed by atoms with van der Waals surface area (Å²) in [4.78, 5) is 17.4. The lowest BCUT2D eigenvalue weighted by Crippen LogP contribution is -2.25. The Morgan fingerprint density at radius 3 is 2.74 bits per heavy atom. The molecular weight excluding hydrogens is 412 g/mol. The van der Waals surface area contributed by atoms with Gasteiger partial charge in [0.15, 0.2) is 0 Å². The molecule has 8 heteroatoms. The molecule has 1 N–H and O–H groups in total. The van der Waals surface area contributed by atoms with Gasteiger partial charge in [-0.25, -0.2) is 4.98 Å². The number of fused-ring (bicyclic) bond motifs is 1. The largest absolute Gasteiger partial charge is 0.497 e. The molecule has 2 heterocycles. The second kappa shape index (κ2) is 8.39. The average molecular weight is 433 g/mol. The minimum Gasteiger partial charge on any atom is -0.497 e. The number of para-hydroxylation sites is 1. The fourth-order valence-corrected chi connectivity index (χ4v) is 3.95. The molecule has 0 unspecified atom stereocenters. The summed E-state index contributed by atoms with van der Waals surface area (Å²) >= 11 is 1.46. The molecular formula is C23H20N4O3S. The molecule has 0 atom stereocenters. The molecule has 1 aliphatic carbocycles. The number of benzene rings is 2. The van der Waals surface area contributed by atoms with E-state index in [1.807, 2.05) is 54.6 Å². The molecule has 7 nitrogen and oxygen atoms in total. The summed E-state index contributed by atoms with van der Waals surface area (Å²) in [7, 11) is 1.62. The van der Waals surface area contributed by atoms with E-state index in [1.165, 1.54) is 11.8 Å². The van der Waals surface area contributed by atoms with Crippen molar-refractivity contribution in [1.82, 2.24) is 20.5 Å². The SMILES string of the molecule is COc1ccc(-c2nnc(CSc3cc(C(=O)NC4CC4)c4ccccc4n3)o2)cc1. The van der Waals surface area contributed by atoms with Crippen molar-refractivity contribution >= 4 is 28.6 Å². The third-order valence-corrected chi connectivity index (χ3v) is 5.89. The van der Waals surface area contributed by atoms with Crippen LogP contribution in [0, 0.1) is 0 Å². The number of carbonyl (C=O) groups excluding carboxylic acids is 1. The Balaban J connectivity index is 1.34. The lowest BCUT2D eigenvalue weighted by Gasteiger charge is -2.09. The third-order valence-electron chi connectivity index (χ3n) is 5.00. The first-order valence-electron chi connectivity index (χ1n) is 10.00. The van der Waals surface area contributed by atoms with Crippen molar-refractivity contribution in [3.05, 3.63) is 66.1 Å². The number of pyridine rings is 1. The van der Waals surface area contributed by atoms with E-state index in [0.717, 1.165) is 40.1 Å². The highest BCUT2D eigenvalue weighted by atomic mass is 32.2. The van der Waals surface area contributed by atoms with E-state index in [1.54, 1.807) is 7.11 Å². The fraction of sp³-hybridized carbons (Fsp3) is 0.217. The number of ether oxygens (including phenoxy) is 1. The number of nitrogens with one attached hydrogen (secondary N) is 1. The Kier molecular flexibility index (Phi) is 5.30. The summed E-state index contributed by atoms with van der Waals surface area (Å²) < 4.78 is 11.0. The number of methoxy groups -OCH3 is 1. The van der Waals surface area contributed by atoms with Gasteiger partial charge in [-0.1, -0.05) is 30.0 Å². The molecule has 0 bridgehead atoms. The quantitative estimate of drug-likeness (QED) is 0.431. The van der Waals surface area contributed by atoms with Gasteiger partial charge in [-0.3, -0.25) is 4.79 Å². The van der Waals surface area contributed by atoms with Crippen molar-refractivity contribution in [1.29, 1.82) is 0 Å². The minimum absolute atomic E-state index is 0.0532. The molecule has 1 fully saturated rings. The maximum Gasteiger partial charge on any atom is 0.252 e. The van der Waals surface area contributed by atoms with Crippen LogP contribution in [-0.4, -0.2) is 34.2 Å². The lowest BCUT2D eigenvalue weighted by molar-refractivity contribution is 0.0952. The Bertz CT molecular complexity index is 1240. The van der Waals surface area contributed by atoms with Crippen molar-refractivity contribution in [2.75, 3.05) is 7.11 Å². The molecule has 5 rings (SSSR count). The highest BCUT2D eigenvalue weighted by molar-refractivity contribution is 7.98. The summed E-state index contributed by atoms with van der Waals surface area (Å²) in [5.74, 6) is 2.12. The van der Waals surface area contributed by atoms with Gasteiger partial charge < -0.3 is 14.5 Å². The number of carbonyl (C=O) groups is 1. The Hall–Kier alpha value is -3.39. The second-order valence-corrected chi connectivity index (χ2v) is 8.29. The van der Waals surface area contributed by atoms with Crippen LogP contribution in [0.4, 0.5) is 0 Å². The van der Waals surface area contributed by atoms with Crippen molar-refractivity contribution in [3.63, 3.8) is 0 Å². The summed E-state index contributed by atoms with van der Waals surface area (Å²) in [5, 5.41) is 12.9. The van der Waals surface area contributed by atoms with Gasteiger partial charge in [0.05, 0.1) is 29.0 Å². The number of amides is 1. The van der Waals surface area contributed by atoms with Gasteiger partial charge in [-0.2, -0.15) is 0 Å². The van der Waals surface area contributed by atoms with Gasteiger partial charge in [-0.05, 0) is 49.2 Å².